The van der Waals surface area contributed by atoms with Gasteiger partial charge in [-0.05, 0) is 42.7 Å². The van der Waals surface area contributed by atoms with Gasteiger partial charge in [-0.3, -0.25) is 9.59 Å². The van der Waals surface area contributed by atoms with Gasteiger partial charge in [0.25, 0.3) is 5.91 Å². The van der Waals surface area contributed by atoms with Gasteiger partial charge in [-0.2, -0.15) is 0 Å². The van der Waals surface area contributed by atoms with Gasteiger partial charge in [0.2, 0.25) is 5.91 Å². The van der Waals surface area contributed by atoms with Gasteiger partial charge in [-0.25, -0.2) is 0 Å². The molecular weight excluding hydrogens is 424 g/mol. The molecule has 0 aliphatic rings. The molecule has 2 N–H and O–H groups in total. The summed E-state index contributed by atoms with van der Waals surface area (Å²) in [6, 6.07) is 13.2. The number of halogens is 1. The molecule has 2 rings (SSSR count). The van der Waals surface area contributed by atoms with Gasteiger partial charge in [0.15, 0.2) is 18.1 Å². The van der Waals surface area contributed by atoms with Gasteiger partial charge in [0.1, 0.15) is 0 Å². The molecule has 0 radical (unpaired) electrons. The Morgan fingerprint density at radius 2 is 1.82 bits per heavy atom. The van der Waals surface area contributed by atoms with Gasteiger partial charge in [-0.1, -0.05) is 40.2 Å². The minimum Gasteiger partial charge on any atom is -0.493 e. The molecule has 2 aromatic carbocycles. The summed E-state index contributed by atoms with van der Waals surface area (Å²) in [6.45, 7) is 2.72. The maximum absolute atomic E-state index is 12.1. The van der Waals surface area contributed by atoms with Crippen LogP contribution in [-0.2, 0) is 22.6 Å². The van der Waals surface area contributed by atoms with Gasteiger partial charge in [0, 0.05) is 24.0 Å². The van der Waals surface area contributed by atoms with E-state index in [-0.39, 0.29) is 18.4 Å². The van der Waals surface area contributed by atoms with Crippen LogP contribution >= 0.6 is 15.9 Å². The van der Waals surface area contributed by atoms with Crippen molar-refractivity contribution in [3.63, 3.8) is 0 Å². The van der Waals surface area contributed by atoms with Crippen LogP contribution in [0.25, 0.3) is 0 Å². The van der Waals surface area contributed by atoms with Crippen molar-refractivity contribution in [3.8, 4) is 11.5 Å². The summed E-state index contributed by atoms with van der Waals surface area (Å²) in [5.74, 6) is 0.791. The first-order chi connectivity index (χ1) is 13.5. The SMILES string of the molecule is CCNC(=O)COc1ccc(CNC(=O)CCc2ccccc2Br)cc1OC. The molecule has 2 amide bonds. The lowest BCUT2D eigenvalue weighted by atomic mass is 10.1. The van der Waals surface area contributed by atoms with Crippen LogP contribution in [0, 0.1) is 0 Å². The van der Waals surface area contributed by atoms with E-state index in [2.05, 4.69) is 26.6 Å². The van der Waals surface area contributed by atoms with Gasteiger partial charge in [0.05, 0.1) is 7.11 Å². The molecule has 0 saturated carbocycles. The van der Waals surface area contributed by atoms with Crippen LogP contribution in [0.1, 0.15) is 24.5 Å². The molecule has 7 heteroatoms. The molecule has 6 nitrogen and oxygen atoms in total. The van der Waals surface area contributed by atoms with Crippen LogP contribution in [0.15, 0.2) is 46.9 Å². The van der Waals surface area contributed by atoms with E-state index in [1.165, 1.54) is 7.11 Å². The zero-order valence-electron chi connectivity index (χ0n) is 16.1. The second kappa shape index (κ2) is 11.3. The van der Waals surface area contributed by atoms with Crippen molar-refractivity contribution >= 4 is 27.7 Å². The van der Waals surface area contributed by atoms with Gasteiger partial charge >= 0.3 is 0 Å². The monoisotopic (exact) mass is 448 g/mol. The summed E-state index contributed by atoms with van der Waals surface area (Å²) in [5.41, 5.74) is 1.99. The topological polar surface area (TPSA) is 76.7 Å². The Morgan fingerprint density at radius 1 is 1.04 bits per heavy atom. The van der Waals surface area contributed by atoms with E-state index in [4.69, 9.17) is 9.47 Å². The van der Waals surface area contributed by atoms with Gasteiger partial charge < -0.3 is 20.1 Å². The third kappa shape index (κ3) is 6.88. The van der Waals surface area contributed by atoms with E-state index in [0.29, 0.717) is 37.4 Å². The number of hydrogen-bond donors (Lipinski definition) is 2. The molecule has 0 aromatic heterocycles. The van der Waals surface area contributed by atoms with Crippen molar-refractivity contribution in [1.29, 1.82) is 0 Å². The van der Waals surface area contributed by atoms with E-state index in [0.717, 1.165) is 15.6 Å². The minimum absolute atomic E-state index is 0.0220. The fourth-order valence-electron chi connectivity index (χ4n) is 2.57. The average molecular weight is 449 g/mol. The highest BCUT2D eigenvalue weighted by molar-refractivity contribution is 9.10. The Labute approximate surface area is 173 Å². The number of nitrogens with one attached hydrogen (secondary N) is 2. The fourth-order valence-corrected chi connectivity index (χ4v) is 3.05. The Balaban J connectivity index is 1.85. The lowest BCUT2D eigenvalue weighted by Crippen LogP contribution is -2.28. The highest BCUT2D eigenvalue weighted by atomic mass is 79.9. The first-order valence-corrected chi connectivity index (χ1v) is 9.89. The predicted octanol–water partition coefficient (Wildman–Crippen LogP) is 3.22. The molecule has 0 aliphatic heterocycles. The number of benzene rings is 2. The van der Waals surface area contributed by atoms with E-state index in [1.54, 1.807) is 12.1 Å². The van der Waals surface area contributed by atoms with Crippen molar-refractivity contribution in [2.45, 2.75) is 26.3 Å². The molecule has 0 spiro atoms. The molecule has 0 bridgehead atoms. The molecule has 0 unspecified atom stereocenters. The van der Waals surface area contributed by atoms with E-state index in [1.807, 2.05) is 37.3 Å². The quantitative estimate of drug-likeness (QED) is 0.584. The minimum atomic E-state index is -0.189. The highest BCUT2D eigenvalue weighted by Gasteiger charge is 2.10. The number of ether oxygens (including phenoxy) is 2. The van der Waals surface area contributed by atoms with Crippen LogP contribution in [0.4, 0.5) is 0 Å². The number of amides is 2. The highest BCUT2D eigenvalue weighted by Crippen LogP contribution is 2.28. The summed E-state index contributed by atoms with van der Waals surface area (Å²) in [6.07, 6.45) is 1.08. The maximum atomic E-state index is 12.1. The molecule has 0 fully saturated rings. The fraction of sp³-hybridized carbons (Fsp3) is 0.333. The van der Waals surface area contributed by atoms with E-state index < -0.39 is 0 Å². The normalized spacial score (nSPS) is 10.2. The lowest BCUT2D eigenvalue weighted by molar-refractivity contribution is -0.123. The zero-order chi connectivity index (χ0) is 20.4. The lowest BCUT2D eigenvalue weighted by Gasteiger charge is -2.12. The Kier molecular flexibility index (Phi) is 8.81. The summed E-state index contributed by atoms with van der Waals surface area (Å²) in [5, 5.41) is 5.58. The maximum Gasteiger partial charge on any atom is 0.257 e. The van der Waals surface area contributed by atoms with Gasteiger partial charge in [-0.15, -0.1) is 0 Å². The summed E-state index contributed by atoms with van der Waals surface area (Å²) >= 11 is 3.49. The second-order valence-corrected chi connectivity index (χ2v) is 6.95. The number of likely N-dealkylation sites (N-methyl/N-ethyl adjacent to an activating group) is 1. The predicted molar refractivity (Wildman–Crippen MR) is 111 cm³/mol. The van der Waals surface area contributed by atoms with Crippen molar-refractivity contribution in [2.75, 3.05) is 20.3 Å². The Bertz CT molecular complexity index is 811. The van der Waals surface area contributed by atoms with Crippen LogP contribution in [0.5, 0.6) is 11.5 Å². The third-order valence-electron chi connectivity index (χ3n) is 4.03. The number of hydrogen-bond acceptors (Lipinski definition) is 4. The molecule has 0 heterocycles. The van der Waals surface area contributed by atoms with Crippen molar-refractivity contribution in [3.05, 3.63) is 58.1 Å². The summed E-state index contributed by atoms with van der Waals surface area (Å²) in [4.78, 5) is 23.7. The number of carbonyl (C=O) groups is 2. The van der Waals surface area contributed by atoms with Crippen molar-refractivity contribution in [1.82, 2.24) is 10.6 Å². The van der Waals surface area contributed by atoms with E-state index in [9.17, 15) is 9.59 Å². The van der Waals surface area contributed by atoms with Crippen LogP contribution in [-0.4, -0.2) is 32.1 Å². The Hall–Kier alpha value is -2.54. The van der Waals surface area contributed by atoms with E-state index >= 15 is 0 Å². The first kappa shape index (κ1) is 21.8. The number of aryl methyl sites for hydroxylation is 1. The average Bonchev–Trinajstić information content (AvgIpc) is 2.70. The summed E-state index contributed by atoms with van der Waals surface area (Å²) < 4.78 is 11.8. The van der Waals surface area contributed by atoms with Crippen molar-refractivity contribution < 1.29 is 19.1 Å². The smallest absolute Gasteiger partial charge is 0.257 e. The largest absolute Gasteiger partial charge is 0.493 e. The third-order valence-corrected chi connectivity index (χ3v) is 4.80. The van der Waals surface area contributed by atoms with Crippen molar-refractivity contribution in [2.24, 2.45) is 0 Å². The van der Waals surface area contributed by atoms with Crippen LogP contribution in [0.2, 0.25) is 0 Å². The number of methoxy groups -OCH3 is 1. The molecular formula is C21H25BrN2O4. The molecule has 0 saturated heterocycles. The molecule has 150 valence electrons. The van der Waals surface area contributed by atoms with Crippen LogP contribution < -0.4 is 20.1 Å². The van der Waals surface area contributed by atoms with Crippen LogP contribution in [0.3, 0.4) is 0 Å². The standard InChI is InChI=1S/C21H25BrN2O4/c1-3-23-21(26)14-28-18-10-8-15(12-19(18)27-2)13-24-20(25)11-9-16-6-4-5-7-17(16)22/h4-8,10,12H,3,9,11,13-14H2,1-2H3,(H,23,26)(H,24,25). The second-order valence-electron chi connectivity index (χ2n) is 6.10. The molecule has 0 aliphatic carbocycles. The first-order valence-electron chi connectivity index (χ1n) is 9.10. The molecule has 28 heavy (non-hydrogen) atoms. The number of rotatable bonds is 10. The Morgan fingerprint density at radius 3 is 2.54 bits per heavy atom. The zero-order valence-corrected chi connectivity index (χ0v) is 17.7. The number of carbonyl (C=O) groups excluding carboxylic acids is 2. The molecule has 0 atom stereocenters. The molecule has 2 aromatic rings. The summed E-state index contributed by atoms with van der Waals surface area (Å²) in [7, 11) is 1.54.